The molecule has 3 nitrogen and oxygen atoms in total. The molecule has 0 aliphatic rings. The van der Waals surface area contributed by atoms with Crippen LogP contribution in [0.2, 0.25) is 0 Å². The number of aliphatic carboxylic acids is 1. The van der Waals surface area contributed by atoms with Crippen molar-refractivity contribution in [1.29, 1.82) is 0 Å². The zero-order valence-electron chi connectivity index (χ0n) is 10.4. The molecular formula is C14H17NO2. The van der Waals surface area contributed by atoms with E-state index in [1.807, 2.05) is 16.7 Å². The van der Waals surface area contributed by atoms with Crippen molar-refractivity contribution in [3.05, 3.63) is 35.0 Å². The molecule has 1 heterocycles. The molecule has 3 heteroatoms. The number of rotatable bonds is 3. The summed E-state index contributed by atoms with van der Waals surface area (Å²) in [5.74, 6) is -0.794. The normalized spacial score (nSPS) is 11.0. The van der Waals surface area contributed by atoms with Crippen LogP contribution in [0.25, 0.3) is 10.9 Å². The maximum atomic E-state index is 10.9. The largest absolute Gasteiger partial charge is 0.480 e. The van der Waals surface area contributed by atoms with Gasteiger partial charge in [0.25, 0.3) is 0 Å². The van der Waals surface area contributed by atoms with Gasteiger partial charge in [-0.05, 0) is 38.0 Å². The number of hydrogen-bond acceptors (Lipinski definition) is 1. The maximum Gasteiger partial charge on any atom is 0.323 e. The quantitative estimate of drug-likeness (QED) is 0.882. The van der Waals surface area contributed by atoms with Gasteiger partial charge >= 0.3 is 5.97 Å². The van der Waals surface area contributed by atoms with Crippen LogP contribution in [0, 0.1) is 13.8 Å². The van der Waals surface area contributed by atoms with Gasteiger partial charge in [-0.1, -0.05) is 18.6 Å². The number of fused-ring (bicyclic) bond motifs is 1. The van der Waals surface area contributed by atoms with E-state index >= 15 is 0 Å². The van der Waals surface area contributed by atoms with E-state index in [0.717, 1.165) is 17.6 Å². The lowest BCUT2D eigenvalue weighted by Gasteiger charge is -2.06. The molecule has 1 aromatic carbocycles. The van der Waals surface area contributed by atoms with Crippen LogP contribution in [-0.4, -0.2) is 15.6 Å². The molecule has 2 aromatic rings. The monoisotopic (exact) mass is 231 g/mol. The van der Waals surface area contributed by atoms with E-state index in [1.54, 1.807) is 0 Å². The van der Waals surface area contributed by atoms with Gasteiger partial charge in [-0.25, -0.2) is 0 Å². The highest BCUT2D eigenvalue weighted by Gasteiger charge is 2.14. The standard InChI is InChI=1S/C14H17NO2/c1-4-12-10(3)11-7-9(2)5-6-13(11)15(12)8-14(16)17/h5-7H,4,8H2,1-3H3,(H,16,17). The van der Waals surface area contributed by atoms with Crippen molar-refractivity contribution in [3.8, 4) is 0 Å². The summed E-state index contributed by atoms with van der Waals surface area (Å²) in [5.41, 5.74) is 4.54. The first-order chi connectivity index (χ1) is 8.04. The second-order valence-electron chi connectivity index (χ2n) is 4.43. The lowest BCUT2D eigenvalue weighted by molar-refractivity contribution is -0.137. The van der Waals surface area contributed by atoms with Crippen LogP contribution >= 0.6 is 0 Å². The van der Waals surface area contributed by atoms with Crippen molar-refractivity contribution >= 4 is 16.9 Å². The second-order valence-corrected chi connectivity index (χ2v) is 4.43. The molecule has 0 atom stereocenters. The summed E-state index contributed by atoms with van der Waals surface area (Å²) in [6.07, 6.45) is 0.854. The third-order valence-electron chi connectivity index (χ3n) is 3.23. The van der Waals surface area contributed by atoms with Gasteiger partial charge in [0.15, 0.2) is 0 Å². The molecule has 0 saturated heterocycles. The molecule has 0 radical (unpaired) electrons. The minimum absolute atomic E-state index is 0.0383. The first-order valence-electron chi connectivity index (χ1n) is 5.84. The predicted octanol–water partition coefficient (Wildman–Crippen LogP) is 2.91. The van der Waals surface area contributed by atoms with Crippen LogP contribution in [0.3, 0.4) is 0 Å². The van der Waals surface area contributed by atoms with Crippen LogP contribution in [0.4, 0.5) is 0 Å². The fourth-order valence-electron chi connectivity index (χ4n) is 2.46. The zero-order valence-corrected chi connectivity index (χ0v) is 10.4. The van der Waals surface area contributed by atoms with Crippen molar-refractivity contribution < 1.29 is 9.90 Å². The van der Waals surface area contributed by atoms with E-state index in [4.69, 9.17) is 5.11 Å². The molecule has 1 aromatic heterocycles. The number of carboxylic acids is 1. The SMILES string of the molecule is CCc1c(C)c2cc(C)ccc2n1CC(=O)O. The van der Waals surface area contributed by atoms with Crippen molar-refractivity contribution in [2.75, 3.05) is 0 Å². The number of aryl methyl sites for hydroxylation is 2. The molecule has 1 N–H and O–H groups in total. The van der Waals surface area contributed by atoms with E-state index in [2.05, 4.69) is 26.8 Å². The molecule has 2 rings (SSSR count). The fraction of sp³-hybridized carbons (Fsp3) is 0.357. The Morgan fingerprint density at radius 1 is 1.35 bits per heavy atom. The number of carbonyl (C=O) groups is 1. The van der Waals surface area contributed by atoms with Crippen LogP contribution in [0.1, 0.15) is 23.7 Å². The Kier molecular flexibility index (Phi) is 2.92. The first-order valence-corrected chi connectivity index (χ1v) is 5.84. The van der Waals surface area contributed by atoms with Crippen LogP contribution in [0.15, 0.2) is 18.2 Å². The van der Waals surface area contributed by atoms with Crippen molar-refractivity contribution in [1.82, 2.24) is 4.57 Å². The van der Waals surface area contributed by atoms with E-state index in [-0.39, 0.29) is 6.54 Å². The Labute approximate surface area is 101 Å². The minimum Gasteiger partial charge on any atom is -0.480 e. The molecule has 90 valence electrons. The van der Waals surface area contributed by atoms with Gasteiger partial charge < -0.3 is 9.67 Å². The van der Waals surface area contributed by atoms with Crippen molar-refractivity contribution in [2.24, 2.45) is 0 Å². The molecule has 0 aliphatic carbocycles. The van der Waals surface area contributed by atoms with E-state index in [9.17, 15) is 4.79 Å². The number of nitrogens with zero attached hydrogens (tertiary/aromatic N) is 1. The molecule has 0 amide bonds. The number of carboxylic acid groups (broad SMARTS) is 1. The molecule has 0 saturated carbocycles. The Morgan fingerprint density at radius 2 is 2.06 bits per heavy atom. The summed E-state index contributed by atoms with van der Waals surface area (Å²) in [4.78, 5) is 10.9. The Balaban J connectivity index is 2.75. The molecule has 0 spiro atoms. The summed E-state index contributed by atoms with van der Waals surface area (Å²) in [7, 11) is 0. The summed E-state index contributed by atoms with van der Waals surface area (Å²) >= 11 is 0. The lowest BCUT2D eigenvalue weighted by atomic mass is 10.1. The third kappa shape index (κ3) is 1.93. The van der Waals surface area contributed by atoms with E-state index < -0.39 is 5.97 Å². The zero-order chi connectivity index (χ0) is 12.6. The van der Waals surface area contributed by atoms with Gasteiger partial charge in [-0.15, -0.1) is 0 Å². The van der Waals surface area contributed by atoms with Crippen LogP contribution < -0.4 is 0 Å². The third-order valence-corrected chi connectivity index (χ3v) is 3.23. The Morgan fingerprint density at radius 3 is 2.65 bits per heavy atom. The molecule has 0 fully saturated rings. The highest BCUT2D eigenvalue weighted by atomic mass is 16.4. The lowest BCUT2D eigenvalue weighted by Crippen LogP contribution is -2.11. The van der Waals surface area contributed by atoms with Crippen LogP contribution in [0.5, 0.6) is 0 Å². The van der Waals surface area contributed by atoms with Gasteiger partial charge in [0.05, 0.1) is 0 Å². The summed E-state index contributed by atoms with van der Waals surface area (Å²) in [5, 5.41) is 10.2. The van der Waals surface area contributed by atoms with Gasteiger partial charge in [0.1, 0.15) is 6.54 Å². The number of aromatic nitrogens is 1. The number of hydrogen-bond donors (Lipinski definition) is 1. The summed E-state index contributed by atoms with van der Waals surface area (Å²) in [6.45, 7) is 6.22. The summed E-state index contributed by atoms with van der Waals surface area (Å²) in [6, 6.07) is 6.17. The molecule has 0 bridgehead atoms. The predicted molar refractivity (Wildman–Crippen MR) is 68.4 cm³/mol. The average molecular weight is 231 g/mol. The topological polar surface area (TPSA) is 42.2 Å². The van der Waals surface area contributed by atoms with Crippen molar-refractivity contribution in [3.63, 3.8) is 0 Å². The highest BCUT2D eigenvalue weighted by Crippen LogP contribution is 2.27. The maximum absolute atomic E-state index is 10.9. The Bertz CT molecular complexity index is 581. The van der Waals surface area contributed by atoms with Crippen LogP contribution in [-0.2, 0) is 17.8 Å². The number of benzene rings is 1. The van der Waals surface area contributed by atoms with Gasteiger partial charge in [0.2, 0.25) is 0 Å². The fourth-order valence-corrected chi connectivity index (χ4v) is 2.46. The van der Waals surface area contributed by atoms with E-state index in [1.165, 1.54) is 16.5 Å². The smallest absolute Gasteiger partial charge is 0.323 e. The summed E-state index contributed by atoms with van der Waals surface area (Å²) < 4.78 is 1.91. The highest BCUT2D eigenvalue weighted by molar-refractivity contribution is 5.87. The second kappa shape index (κ2) is 4.24. The minimum atomic E-state index is -0.794. The van der Waals surface area contributed by atoms with Gasteiger partial charge in [-0.2, -0.15) is 0 Å². The van der Waals surface area contributed by atoms with Crippen molar-refractivity contribution in [2.45, 2.75) is 33.7 Å². The van der Waals surface area contributed by atoms with Gasteiger partial charge in [0, 0.05) is 16.6 Å². The first kappa shape index (κ1) is 11.7. The van der Waals surface area contributed by atoms with Gasteiger partial charge in [-0.3, -0.25) is 4.79 Å². The molecular weight excluding hydrogens is 214 g/mol. The Hall–Kier alpha value is -1.77. The molecule has 17 heavy (non-hydrogen) atoms. The molecule has 0 unspecified atom stereocenters. The van der Waals surface area contributed by atoms with E-state index in [0.29, 0.717) is 0 Å². The average Bonchev–Trinajstić information content (AvgIpc) is 2.51. The molecule has 0 aliphatic heterocycles.